The summed E-state index contributed by atoms with van der Waals surface area (Å²) in [4.78, 5) is 33.9. The third-order valence-electron chi connectivity index (χ3n) is 6.40. The number of alkyl halides is 3. The minimum Gasteiger partial charge on any atom is -0.437 e. The van der Waals surface area contributed by atoms with Crippen LogP contribution in [0.4, 0.5) is 30.6 Å². The van der Waals surface area contributed by atoms with Crippen LogP contribution in [0.5, 0.6) is 11.6 Å². The van der Waals surface area contributed by atoms with Gasteiger partial charge in [-0.3, -0.25) is 4.79 Å². The first-order valence-electron chi connectivity index (χ1n) is 12.0. The van der Waals surface area contributed by atoms with E-state index in [1.54, 1.807) is 18.3 Å². The fourth-order valence-electron chi connectivity index (χ4n) is 4.68. The number of halogens is 3. The second-order valence-corrected chi connectivity index (χ2v) is 9.40. The Morgan fingerprint density at radius 3 is 2.59 bits per heavy atom. The Morgan fingerprint density at radius 2 is 1.95 bits per heavy atom. The fraction of sp³-hybridized carbons (Fsp3) is 0.400. The highest BCUT2D eigenvalue weighted by Gasteiger charge is 2.42. The monoisotopic (exact) mass is 513 g/mol. The Hall–Kier alpha value is -3.96. The smallest absolute Gasteiger partial charge is 0.433 e. The van der Waals surface area contributed by atoms with Crippen LogP contribution in [0.2, 0.25) is 0 Å². The number of anilines is 3. The lowest BCUT2D eigenvalue weighted by Crippen LogP contribution is -2.56. The molecular formula is C25H26F3N7O2. The van der Waals surface area contributed by atoms with Gasteiger partial charge in [-0.15, -0.1) is 0 Å². The molecule has 3 aromatic heterocycles. The lowest BCUT2D eigenvalue weighted by molar-refractivity contribution is -0.141. The lowest BCUT2D eigenvalue weighted by Gasteiger charge is -2.44. The Morgan fingerprint density at radius 1 is 1.14 bits per heavy atom. The van der Waals surface area contributed by atoms with Crippen LogP contribution in [0.25, 0.3) is 0 Å². The molecule has 1 atom stereocenters. The van der Waals surface area contributed by atoms with Crippen molar-refractivity contribution < 1.29 is 22.7 Å². The van der Waals surface area contributed by atoms with Crippen LogP contribution in [0.15, 0.2) is 36.7 Å². The highest BCUT2D eigenvalue weighted by molar-refractivity contribution is 6.05. The molecular weight excluding hydrogens is 487 g/mol. The van der Waals surface area contributed by atoms with E-state index in [0.29, 0.717) is 19.0 Å². The van der Waals surface area contributed by atoms with Crippen LogP contribution >= 0.6 is 0 Å². The van der Waals surface area contributed by atoms with Crippen molar-refractivity contribution in [2.75, 3.05) is 28.7 Å². The zero-order valence-electron chi connectivity index (χ0n) is 20.6. The Labute approximate surface area is 211 Å². The molecule has 9 nitrogen and oxygen atoms in total. The van der Waals surface area contributed by atoms with Crippen LogP contribution in [0.3, 0.4) is 0 Å². The summed E-state index contributed by atoms with van der Waals surface area (Å²) in [6.07, 6.45) is -0.273. The van der Waals surface area contributed by atoms with E-state index in [9.17, 15) is 18.0 Å². The average Bonchev–Trinajstić information content (AvgIpc) is 2.86. The van der Waals surface area contributed by atoms with Gasteiger partial charge in [0.05, 0.1) is 11.9 Å². The quantitative estimate of drug-likeness (QED) is 0.517. The predicted molar refractivity (Wildman–Crippen MR) is 131 cm³/mol. The van der Waals surface area contributed by atoms with Crippen molar-refractivity contribution in [3.05, 3.63) is 53.6 Å². The molecule has 0 bridgehead atoms. The van der Waals surface area contributed by atoms with E-state index >= 15 is 0 Å². The van der Waals surface area contributed by atoms with Gasteiger partial charge in [-0.05, 0) is 36.5 Å². The van der Waals surface area contributed by atoms with E-state index in [1.807, 2.05) is 30.7 Å². The fourth-order valence-corrected chi connectivity index (χ4v) is 4.68. The Balaban J connectivity index is 1.28. The number of amides is 1. The SMILES string of the molecule is CC(C)C1C(=O)N2CCCc3nc(NCc4ccc(Oc5ccc(C(F)(F)F)nc5)nc4)nc(c32)N1C. The maximum Gasteiger partial charge on any atom is 0.433 e. The number of hydrogen-bond donors (Lipinski definition) is 1. The normalized spacial score (nSPS) is 17.2. The van der Waals surface area contributed by atoms with Gasteiger partial charge in [0.1, 0.15) is 23.2 Å². The molecule has 0 radical (unpaired) electrons. The van der Waals surface area contributed by atoms with Gasteiger partial charge in [0.15, 0.2) is 5.82 Å². The van der Waals surface area contributed by atoms with Gasteiger partial charge in [-0.25, -0.2) is 15.0 Å². The molecule has 0 saturated heterocycles. The predicted octanol–water partition coefficient (Wildman–Crippen LogP) is 4.44. The second-order valence-electron chi connectivity index (χ2n) is 9.40. The van der Waals surface area contributed by atoms with Crippen molar-refractivity contribution in [1.29, 1.82) is 0 Å². The number of carbonyl (C=O) groups is 1. The van der Waals surface area contributed by atoms with Crippen LogP contribution in [-0.2, 0) is 23.9 Å². The molecule has 12 heteroatoms. The first-order chi connectivity index (χ1) is 17.6. The van der Waals surface area contributed by atoms with Crippen LogP contribution in [0.1, 0.15) is 37.2 Å². The zero-order valence-corrected chi connectivity index (χ0v) is 20.6. The Kier molecular flexibility index (Phi) is 6.34. The minimum absolute atomic E-state index is 0.0933. The molecule has 0 aliphatic carbocycles. The molecule has 0 aromatic carbocycles. The first-order valence-corrected chi connectivity index (χ1v) is 12.0. The summed E-state index contributed by atoms with van der Waals surface area (Å²) in [6.45, 7) is 5.13. The lowest BCUT2D eigenvalue weighted by atomic mass is 9.95. The number of rotatable bonds is 6. The maximum atomic E-state index is 13.1. The topological polar surface area (TPSA) is 96.4 Å². The van der Waals surface area contributed by atoms with Crippen molar-refractivity contribution in [3.8, 4) is 11.6 Å². The summed E-state index contributed by atoms with van der Waals surface area (Å²) in [7, 11) is 1.90. The molecule has 3 aromatic rings. The Bertz CT molecular complexity index is 1300. The second kappa shape index (κ2) is 9.49. The zero-order chi connectivity index (χ0) is 26.3. The highest BCUT2D eigenvalue weighted by atomic mass is 19.4. The van der Waals surface area contributed by atoms with Crippen LogP contribution in [-0.4, -0.2) is 45.5 Å². The largest absolute Gasteiger partial charge is 0.437 e. The summed E-state index contributed by atoms with van der Waals surface area (Å²) in [6, 6.07) is 5.18. The number of nitrogens with zero attached hydrogens (tertiary/aromatic N) is 6. The van der Waals surface area contributed by atoms with Gasteiger partial charge in [0.2, 0.25) is 17.7 Å². The first kappa shape index (κ1) is 24.7. The number of likely N-dealkylation sites (N-methyl/N-ethyl adjacent to an activating group) is 1. The van der Waals surface area contributed by atoms with Gasteiger partial charge in [0.25, 0.3) is 0 Å². The van der Waals surface area contributed by atoms with Gasteiger partial charge in [-0.2, -0.15) is 18.2 Å². The third-order valence-corrected chi connectivity index (χ3v) is 6.40. The molecule has 2 aliphatic rings. The number of ether oxygens (including phenoxy) is 1. The van der Waals surface area contributed by atoms with E-state index in [0.717, 1.165) is 47.9 Å². The van der Waals surface area contributed by atoms with Crippen molar-refractivity contribution >= 4 is 23.4 Å². The molecule has 5 heterocycles. The highest BCUT2D eigenvalue weighted by Crippen LogP contribution is 2.41. The van der Waals surface area contributed by atoms with Crippen molar-refractivity contribution in [2.45, 2.75) is 45.5 Å². The molecule has 2 aliphatic heterocycles. The summed E-state index contributed by atoms with van der Waals surface area (Å²) in [5.74, 6) is 1.82. The summed E-state index contributed by atoms with van der Waals surface area (Å²) < 4.78 is 43.5. The number of hydrogen-bond acceptors (Lipinski definition) is 8. The standard InChI is InChI=1S/C25H26F3N7O2/c1-14(2)20-23(36)35-10-4-5-17-21(35)22(34(20)3)33-24(32-17)31-12-15-6-9-19(30-11-15)37-16-7-8-18(29-13-16)25(26,27)28/h6-9,11,13-14,20H,4-5,10,12H2,1-3H3,(H,31,32,33). The molecule has 1 N–H and O–H groups in total. The van der Waals surface area contributed by atoms with Gasteiger partial charge in [-0.1, -0.05) is 19.9 Å². The number of carbonyl (C=O) groups excluding carboxylic acids is 1. The van der Waals surface area contributed by atoms with E-state index in [1.165, 1.54) is 6.07 Å². The van der Waals surface area contributed by atoms with Crippen molar-refractivity contribution in [3.63, 3.8) is 0 Å². The maximum absolute atomic E-state index is 13.1. The molecule has 0 spiro atoms. The van der Waals surface area contributed by atoms with E-state index in [2.05, 4.69) is 20.3 Å². The van der Waals surface area contributed by atoms with Crippen molar-refractivity contribution in [1.82, 2.24) is 19.9 Å². The summed E-state index contributed by atoms with van der Waals surface area (Å²) >= 11 is 0. The molecule has 194 valence electrons. The third kappa shape index (κ3) is 4.87. The number of nitrogens with one attached hydrogen (secondary N) is 1. The van der Waals surface area contributed by atoms with E-state index in [4.69, 9.17) is 9.72 Å². The molecule has 1 amide bonds. The average molecular weight is 514 g/mol. The molecule has 37 heavy (non-hydrogen) atoms. The summed E-state index contributed by atoms with van der Waals surface area (Å²) in [5.41, 5.74) is 1.51. The van der Waals surface area contributed by atoms with E-state index in [-0.39, 0.29) is 29.5 Å². The summed E-state index contributed by atoms with van der Waals surface area (Å²) in [5, 5.41) is 3.24. The van der Waals surface area contributed by atoms with Gasteiger partial charge in [0, 0.05) is 32.4 Å². The van der Waals surface area contributed by atoms with Gasteiger partial charge < -0.3 is 19.9 Å². The van der Waals surface area contributed by atoms with Gasteiger partial charge >= 0.3 is 6.18 Å². The minimum atomic E-state index is -4.51. The molecule has 1 unspecified atom stereocenters. The number of aryl methyl sites for hydroxylation is 1. The molecule has 0 fully saturated rings. The van der Waals surface area contributed by atoms with Crippen molar-refractivity contribution in [2.24, 2.45) is 5.92 Å². The molecule has 0 saturated carbocycles. The van der Waals surface area contributed by atoms with Crippen LogP contribution in [0, 0.1) is 5.92 Å². The molecule has 5 rings (SSSR count). The number of aromatic nitrogens is 4. The van der Waals surface area contributed by atoms with Crippen LogP contribution < -0.4 is 19.9 Å². The van der Waals surface area contributed by atoms with E-state index < -0.39 is 11.9 Å². The number of pyridine rings is 2.